The minimum absolute atomic E-state index is 0.0955. The van der Waals surface area contributed by atoms with Crippen LogP contribution in [-0.2, 0) is 4.74 Å². The maximum absolute atomic E-state index is 12.4. The summed E-state index contributed by atoms with van der Waals surface area (Å²) in [4.78, 5) is 28.3. The van der Waals surface area contributed by atoms with E-state index in [9.17, 15) is 9.59 Å². The van der Waals surface area contributed by atoms with E-state index < -0.39 is 0 Å². The Bertz CT molecular complexity index is 979. The van der Waals surface area contributed by atoms with E-state index in [2.05, 4.69) is 20.9 Å². The zero-order chi connectivity index (χ0) is 20.8. The van der Waals surface area contributed by atoms with E-state index in [4.69, 9.17) is 9.15 Å². The average molecular weight is 406 g/mol. The van der Waals surface area contributed by atoms with E-state index in [0.29, 0.717) is 29.2 Å². The van der Waals surface area contributed by atoms with Gasteiger partial charge in [0.25, 0.3) is 5.91 Å². The number of rotatable bonds is 6. The number of oxazole rings is 1. The van der Waals surface area contributed by atoms with Crippen LogP contribution in [0.3, 0.4) is 0 Å². The number of hydrogen-bond donors (Lipinski definition) is 3. The summed E-state index contributed by atoms with van der Waals surface area (Å²) in [7, 11) is 0. The van der Waals surface area contributed by atoms with Crippen LogP contribution in [0.4, 0.5) is 16.2 Å². The molecule has 1 aromatic heterocycles. The van der Waals surface area contributed by atoms with Crippen molar-refractivity contribution < 1.29 is 18.7 Å². The lowest BCUT2D eigenvalue weighted by molar-refractivity contribution is 0.102. The van der Waals surface area contributed by atoms with Crippen molar-refractivity contribution in [2.24, 2.45) is 0 Å². The zero-order valence-electron chi connectivity index (χ0n) is 16.3. The number of benzene rings is 2. The summed E-state index contributed by atoms with van der Waals surface area (Å²) in [5, 5.41) is 8.40. The fourth-order valence-corrected chi connectivity index (χ4v) is 3.17. The highest BCUT2D eigenvalue weighted by Crippen LogP contribution is 2.20. The molecule has 154 valence electrons. The van der Waals surface area contributed by atoms with Gasteiger partial charge in [0.2, 0.25) is 0 Å². The van der Waals surface area contributed by atoms with Crippen molar-refractivity contribution >= 4 is 23.3 Å². The Hall–Kier alpha value is -3.65. The molecule has 1 atom stereocenters. The molecule has 3 amide bonds. The summed E-state index contributed by atoms with van der Waals surface area (Å²) in [6.45, 7) is 1.25. The monoisotopic (exact) mass is 406 g/mol. The van der Waals surface area contributed by atoms with E-state index in [-0.39, 0.29) is 18.0 Å². The van der Waals surface area contributed by atoms with Crippen LogP contribution >= 0.6 is 0 Å². The molecule has 1 unspecified atom stereocenters. The number of aromatic nitrogens is 1. The number of carbonyl (C=O) groups is 2. The molecule has 0 aliphatic carbocycles. The van der Waals surface area contributed by atoms with Crippen molar-refractivity contribution in [2.75, 3.05) is 23.8 Å². The first-order valence-corrected chi connectivity index (χ1v) is 9.74. The van der Waals surface area contributed by atoms with E-state index in [1.807, 2.05) is 0 Å². The molecule has 1 aliphatic rings. The molecule has 2 aromatic carbocycles. The van der Waals surface area contributed by atoms with Crippen molar-refractivity contribution in [2.45, 2.75) is 18.9 Å². The highest BCUT2D eigenvalue weighted by Gasteiger charge is 2.16. The Morgan fingerprint density at radius 2 is 1.73 bits per heavy atom. The summed E-state index contributed by atoms with van der Waals surface area (Å²) in [5.74, 6) is 0.416. The minimum Gasteiger partial charge on any atom is -0.444 e. The maximum atomic E-state index is 12.4. The van der Waals surface area contributed by atoms with Gasteiger partial charge in [-0.15, -0.1) is 0 Å². The third-order valence-corrected chi connectivity index (χ3v) is 4.78. The predicted octanol–water partition coefficient (Wildman–Crippen LogP) is 3.89. The van der Waals surface area contributed by atoms with E-state index in [1.165, 1.54) is 6.39 Å². The average Bonchev–Trinajstić information content (AvgIpc) is 3.48. The molecule has 1 fully saturated rings. The van der Waals surface area contributed by atoms with Crippen LogP contribution in [0.1, 0.15) is 23.2 Å². The Labute approximate surface area is 173 Å². The zero-order valence-corrected chi connectivity index (χ0v) is 16.3. The summed E-state index contributed by atoms with van der Waals surface area (Å²) in [5.41, 5.74) is 2.63. The number of carbonyl (C=O) groups excluding carboxylic acids is 2. The Balaban J connectivity index is 1.28. The van der Waals surface area contributed by atoms with Crippen LogP contribution in [0.2, 0.25) is 0 Å². The van der Waals surface area contributed by atoms with Gasteiger partial charge in [-0.2, -0.15) is 0 Å². The van der Waals surface area contributed by atoms with Gasteiger partial charge in [-0.25, -0.2) is 9.78 Å². The smallest absolute Gasteiger partial charge is 0.319 e. The number of hydrogen-bond acceptors (Lipinski definition) is 5. The molecule has 0 bridgehead atoms. The first-order valence-electron chi connectivity index (χ1n) is 9.74. The molecule has 0 radical (unpaired) electrons. The van der Waals surface area contributed by atoms with Gasteiger partial charge in [-0.3, -0.25) is 4.79 Å². The van der Waals surface area contributed by atoms with Gasteiger partial charge in [0.05, 0.1) is 12.3 Å². The summed E-state index contributed by atoms with van der Waals surface area (Å²) in [6, 6.07) is 13.7. The fraction of sp³-hybridized carbons (Fsp3) is 0.227. The fourth-order valence-electron chi connectivity index (χ4n) is 3.17. The molecule has 4 rings (SSSR count). The second kappa shape index (κ2) is 9.23. The van der Waals surface area contributed by atoms with Gasteiger partial charge in [0, 0.05) is 35.7 Å². The van der Waals surface area contributed by atoms with E-state index >= 15 is 0 Å². The highest BCUT2D eigenvalue weighted by atomic mass is 16.5. The molecule has 2 heterocycles. The van der Waals surface area contributed by atoms with Crippen LogP contribution in [0.15, 0.2) is 65.5 Å². The van der Waals surface area contributed by atoms with Crippen LogP contribution in [0.5, 0.6) is 0 Å². The van der Waals surface area contributed by atoms with Crippen molar-refractivity contribution in [1.82, 2.24) is 10.3 Å². The molecule has 0 saturated carbocycles. The first-order chi connectivity index (χ1) is 14.7. The Morgan fingerprint density at radius 3 is 2.37 bits per heavy atom. The quantitative estimate of drug-likeness (QED) is 0.576. The number of urea groups is 1. The number of nitrogens with zero attached hydrogens (tertiary/aromatic N) is 1. The second-order valence-corrected chi connectivity index (χ2v) is 6.94. The Kier molecular flexibility index (Phi) is 6.05. The standard InChI is InChI=1S/C22H22N4O4/c27-21(16-5-3-15(4-6-16)20-13-23-14-30-20)25-17-7-9-18(10-8-17)26-22(28)24-12-19-2-1-11-29-19/h3-10,13-14,19H,1-2,11-12H2,(H,25,27)(H2,24,26,28). The third-order valence-electron chi connectivity index (χ3n) is 4.78. The summed E-state index contributed by atoms with van der Waals surface area (Å²) < 4.78 is 10.7. The topological polar surface area (TPSA) is 105 Å². The summed E-state index contributed by atoms with van der Waals surface area (Å²) in [6.07, 6.45) is 5.08. The van der Waals surface area contributed by atoms with Crippen molar-refractivity contribution in [1.29, 1.82) is 0 Å². The Morgan fingerprint density at radius 1 is 1.00 bits per heavy atom. The number of amides is 3. The largest absolute Gasteiger partial charge is 0.444 e. The van der Waals surface area contributed by atoms with Gasteiger partial charge >= 0.3 is 6.03 Å². The first kappa shape index (κ1) is 19.7. The molecular formula is C22H22N4O4. The molecular weight excluding hydrogens is 384 g/mol. The lowest BCUT2D eigenvalue weighted by Gasteiger charge is -2.12. The van der Waals surface area contributed by atoms with Crippen LogP contribution in [-0.4, -0.2) is 36.2 Å². The second-order valence-electron chi connectivity index (χ2n) is 6.94. The molecule has 30 heavy (non-hydrogen) atoms. The number of nitrogens with one attached hydrogen (secondary N) is 3. The highest BCUT2D eigenvalue weighted by molar-refractivity contribution is 6.04. The lowest BCUT2D eigenvalue weighted by atomic mass is 10.1. The van der Waals surface area contributed by atoms with Crippen LogP contribution < -0.4 is 16.0 Å². The molecule has 8 nitrogen and oxygen atoms in total. The van der Waals surface area contributed by atoms with Crippen LogP contribution in [0, 0.1) is 0 Å². The molecule has 1 saturated heterocycles. The van der Waals surface area contributed by atoms with Gasteiger partial charge in [0.15, 0.2) is 12.2 Å². The van der Waals surface area contributed by atoms with Gasteiger partial charge in [-0.1, -0.05) is 12.1 Å². The van der Waals surface area contributed by atoms with E-state index in [1.54, 1.807) is 54.7 Å². The van der Waals surface area contributed by atoms with Crippen molar-refractivity contribution in [3.63, 3.8) is 0 Å². The maximum Gasteiger partial charge on any atom is 0.319 e. The summed E-state index contributed by atoms with van der Waals surface area (Å²) >= 11 is 0. The molecule has 3 N–H and O–H groups in total. The molecule has 1 aliphatic heterocycles. The SMILES string of the molecule is O=C(NCC1CCCO1)Nc1ccc(NC(=O)c2ccc(-c3cnco3)cc2)cc1. The predicted molar refractivity (Wildman–Crippen MR) is 112 cm³/mol. The lowest BCUT2D eigenvalue weighted by Crippen LogP contribution is -2.35. The number of ether oxygens (including phenoxy) is 1. The normalized spacial score (nSPS) is 15.5. The van der Waals surface area contributed by atoms with Gasteiger partial charge in [0.1, 0.15) is 0 Å². The molecule has 3 aromatic rings. The minimum atomic E-state index is -0.283. The van der Waals surface area contributed by atoms with Crippen molar-refractivity contribution in [3.05, 3.63) is 66.7 Å². The van der Waals surface area contributed by atoms with Gasteiger partial charge < -0.3 is 25.1 Å². The van der Waals surface area contributed by atoms with Crippen molar-refractivity contribution in [3.8, 4) is 11.3 Å². The van der Waals surface area contributed by atoms with E-state index in [0.717, 1.165) is 25.0 Å². The molecule has 0 spiro atoms. The molecule has 8 heteroatoms. The van der Waals surface area contributed by atoms with Gasteiger partial charge in [-0.05, 0) is 49.2 Å². The third kappa shape index (κ3) is 5.03. The number of anilines is 2. The van der Waals surface area contributed by atoms with Crippen LogP contribution in [0.25, 0.3) is 11.3 Å².